The van der Waals surface area contributed by atoms with Gasteiger partial charge in [0.15, 0.2) is 6.29 Å². The lowest BCUT2D eigenvalue weighted by Gasteiger charge is -2.19. The third-order valence-electron chi connectivity index (χ3n) is 4.50. The number of aldehydes is 1. The number of para-hydroxylation sites is 1. The number of aryl methyl sites for hydroxylation is 1. The molecule has 0 unspecified atom stereocenters. The van der Waals surface area contributed by atoms with E-state index in [1.807, 2.05) is 12.1 Å². The van der Waals surface area contributed by atoms with Crippen molar-refractivity contribution < 1.29 is 4.79 Å². The van der Waals surface area contributed by atoms with Gasteiger partial charge in [-0.1, -0.05) is 70.2 Å². The van der Waals surface area contributed by atoms with Crippen molar-refractivity contribution in [2.24, 2.45) is 0 Å². The van der Waals surface area contributed by atoms with Crippen LogP contribution in [0.2, 0.25) is 0 Å². The highest BCUT2D eigenvalue weighted by atomic mass is 16.1. The predicted octanol–water partition coefficient (Wildman–Crippen LogP) is 5.51. The Morgan fingerprint density at radius 3 is 2.30 bits per heavy atom. The Morgan fingerprint density at radius 2 is 1.74 bits per heavy atom. The largest absolute Gasteiger partial charge is 0.354 e. The van der Waals surface area contributed by atoms with Gasteiger partial charge in [0.2, 0.25) is 0 Å². The number of aromatic nitrogens is 1. The molecule has 23 heavy (non-hydrogen) atoms. The summed E-state index contributed by atoms with van der Waals surface area (Å²) in [6.07, 6.45) is 1.91. The summed E-state index contributed by atoms with van der Waals surface area (Å²) in [5.74, 6) is 0. The van der Waals surface area contributed by atoms with Crippen LogP contribution in [0.1, 0.15) is 49.2 Å². The molecule has 2 aromatic carbocycles. The Balaban J connectivity index is 2.18. The molecule has 0 aliphatic rings. The maximum absolute atomic E-state index is 11.7. The molecule has 2 heteroatoms. The molecule has 0 saturated carbocycles. The van der Waals surface area contributed by atoms with Crippen molar-refractivity contribution in [3.63, 3.8) is 0 Å². The van der Waals surface area contributed by atoms with Crippen LogP contribution in [-0.2, 0) is 11.8 Å². The summed E-state index contributed by atoms with van der Waals surface area (Å²) >= 11 is 0. The summed E-state index contributed by atoms with van der Waals surface area (Å²) in [4.78, 5) is 15.2. The first-order valence-electron chi connectivity index (χ1n) is 8.15. The molecule has 0 amide bonds. The van der Waals surface area contributed by atoms with Gasteiger partial charge in [-0.15, -0.1) is 0 Å². The maximum Gasteiger partial charge on any atom is 0.152 e. The number of carbonyl (C=O) groups excluding carboxylic acids is 1. The Hall–Kier alpha value is -2.35. The van der Waals surface area contributed by atoms with Gasteiger partial charge < -0.3 is 4.98 Å². The average molecular weight is 305 g/mol. The van der Waals surface area contributed by atoms with Gasteiger partial charge in [-0.3, -0.25) is 4.79 Å². The van der Waals surface area contributed by atoms with Crippen LogP contribution in [0.4, 0.5) is 0 Å². The number of rotatable bonds is 3. The topological polar surface area (TPSA) is 32.9 Å². The molecule has 1 heterocycles. The first kappa shape index (κ1) is 15.5. The lowest BCUT2D eigenvalue weighted by molar-refractivity contribution is 0.112. The van der Waals surface area contributed by atoms with Crippen molar-refractivity contribution in [1.82, 2.24) is 4.98 Å². The molecule has 2 nitrogen and oxygen atoms in total. The number of carbonyl (C=O) groups is 1. The van der Waals surface area contributed by atoms with E-state index in [4.69, 9.17) is 0 Å². The van der Waals surface area contributed by atoms with E-state index in [0.29, 0.717) is 0 Å². The number of hydrogen-bond donors (Lipinski definition) is 1. The number of fused-ring (bicyclic) bond motifs is 1. The fraction of sp³-hybridized carbons (Fsp3) is 0.286. The van der Waals surface area contributed by atoms with Gasteiger partial charge in [-0.2, -0.15) is 0 Å². The minimum absolute atomic E-state index is 0.127. The van der Waals surface area contributed by atoms with Crippen molar-refractivity contribution in [2.45, 2.75) is 39.5 Å². The van der Waals surface area contributed by atoms with Gasteiger partial charge in [-0.25, -0.2) is 0 Å². The summed E-state index contributed by atoms with van der Waals surface area (Å²) < 4.78 is 0. The molecular weight excluding hydrogens is 282 g/mol. The van der Waals surface area contributed by atoms with Gasteiger partial charge in [0, 0.05) is 16.5 Å². The van der Waals surface area contributed by atoms with Crippen LogP contribution in [0.25, 0.3) is 22.2 Å². The lowest BCUT2D eigenvalue weighted by atomic mass is 9.86. The quantitative estimate of drug-likeness (QED) is 0.636. The smallest absolute Gasteiger partial charge is 0.152 e. The third-order valence-corrected chi connectivity index (χ3v) is 4.50. The van der Waals surface area contributed by atoms with E-state index >= 15 is 0 Å². The molecule has 0 atom stereocenters. The Kier molecular flexibility index (Phi) is 3.85. The van der Waals surface area contributed by atoms with Gasteiger partial charge in [-0.05, 0) is 28.5 Å². The summed E-state index contributed by atoms with van der Waals surface area (Å²) in [7, 11) is 0. The zero-order chi connectivity index (χ0) is 16.6. The number of aromatic amines is 1. The summed E-state index contributed by atoms with van der Waals surface area (Å²) in [5, 5.41) is 1.01. The Labute approximate surface area is 137 Å². The summed E-state index contributed by atoms with van der Waals surface area (Å²) in [6.45, 7) is 8.74. The monoisotopic (exact) mass is 305 g/mol. The van der Waals surface area contributed by atoms with Gasteiger partial charge >= 0.3 is 0 Å². The van der Waals surface area contributed by atoms with Crippen LogP contribution >= 0.6 is 0 Å². The van der Waals surface area contributed by atoms with E-state index in [1.54, 1.807) is 0 Å². The lowest BCUT2D eigenvalue weighted by Crippen LogP contribution is -2.10. The second-order valence-electron chi connectivity index (χ2n) is 7.05. The molecule has 0 saturated heterocycles. The molecule has 3 aromatic rings. The van der Waals surface area contributed by atoms with Crippen LogP contribution in [0.5, 0.6) is 0 Å². The molecule has 3 rings (SSSR count). The average Bonchev–Trinajstić information content (AvgIpc) is 2.92. The number of H-pyrrole nitrogens is 1. The number of nitrogens with one attached hydrogen (secondary N) is 1. The maximum atomic E-state index is 11.7. The molecule has 0 fully saturated rings. The van der Waals surface area contributed by atoms with E-state index in [1.165, 1.54) is 11.1 Å². The SMILES string of the molecule is CCc1cccc2c(C=O)c(-c3ccc(C(C)(C)C)cc3)[nH]c12. The van der Waals surface area contributed by atoms with E-state index in [9.17, 15) is 4.79 Å². The van der Waals surface area contributed by atoms with Crippen LogP contribution in [0, 0.1) is 0 Å². The first-order valence-corrected chi connectivity index (χ1v) is 8.15. The minimum atomic E-state index is 0.127. The fourth-order valence-electron chi connectivity index (χ4n) is 3.08. The van der Waals surface area contributed by atoms with E-state index in [2.05, 4.69) is 63.0 Å². The highest BCUT2D eigenvalue weighted by molar-refractivity contribution is 6.05. The van der Waals surface area contributed by atoms with Crippen molar-refractivity contribution in [3.8, 4) is 11.3 Å². The molecule has 0 spiro atoms. The molecule has 0 radical (unpaired) electrons. The van der Waals surface area contributed by atoms with Crippen LogP contribution < -0.4 is 0 Å². The zero-order valence-electron chi connectivity index (χ0n) is 14.2. The van der Waals surface area contributed by atoms with Gasteiger partial charge in [0.1, 0.15) is 0 Å². The standard InChI is InChI=1S/C21H23NO/c1-5-14-7-6-8-17-18(13-23)20(22-19(14)17)15-9-11-16(12-10-15)21(2,3)4/h6-13,22H,5H2,1-4H3. The second-order valence-corrected chi connectivity index (χ2v) is 7.05. The summed E-state index contributed by atoms with van der Waals surface area (Å²) in [5.41, 5.74) is 6.45. The molecule has 0 aliphatic heterocycles. The van der Waals surface area contributed by atoms with Crippen LogP contribution in [0.15, 0.2) is 42.5 Å². The van der Waals surface area contributed by atoms with Gasteiger partial charge in [0.05, 0.1) is 5.69 Å². The zero-order valence-corrected chi connectivity index (χ0v) is 14.2. The fourth-order valence-corrected chi connectivity index (χ4v) is 3.08. The summed E-state index contributed by atoms with van der Waals surface area (Å²) in [6, 6.07) is 14.6. The molecule has 0 aliphatic carbocycles. The molecule has 0 bridgehead atoms. The normalized spacial score (nSPS) is 11.8. The highest BCUT2D eigenvalue weighted by Gasteiger charge is 2.16. The second kappa shape index (κ2) is 5.69. The first-order chi connectivity index (χ1) is 11.0. The van der Waals surface area contributed by atoms with E-state index < -0.39 is 0 Å². The van der Waals surface area contributed by atoms with Crippen molar-refractivity contribution >= 4 is 17.2 Å². The van der Waals surface area contributed by atoms with Crippen molar-refractivity contribution in [1.29, 1.82) is 0 Å². The van der Waals surface area contributed by atoms with Crippen molar-refractivity contribution in [3.05, 3.63) is 59.2 Å². The van der Waals surface area contributed by atoms with E-state index in [-0.39, 0.29) is 5.41 Å². The minimum Gasteiger partial charge on any atom is -0.354 e. The molecule has 118 valence electrons. The molecule has 1 N–H and O–H groups in total. The van der Waals surface area contributed by atoms with Crippen LogP contribution in [0.3, 0.4) is 0 Å². The third kappa shape index (κ3) is 2.70. The predicted molar refractivity (Wildman–Crippen MR) is 97.2 cm³/mol. The Bertz CT molecular complexity index is 848. The number of hydrogen-bond acceptors (Lipinski definition) is 1. The van der Waals surface area contributed by atoms with Gasteiger partial charge in [0.25, 0.3) is 0 Å². The van der Waals surface area contributed by atoms with E-state index in [0.717, 1.165) is 40.4 Å². The van der Waals surface area contributed by atoms with Crippen LogP contribution in [-0.4, -0.2) is 11.3 Å². The Morgan fingerprint density at radius 1 is 1.04 bits per heavy atom. The molecule has 1 aromatic heterocycles. The highest BCUT2D eigenvalue weighted by Crippen LogP contribution is 2.32. The number of benzene rings is 2. The van der Waals surface area contributed by atoms with Crippen molar-refractivity contribution in [2.75, 3.05) is 0 Å². The molecular formula is C21H23NO.